The van der Waals surface area contributed by atoms with Crippen LogP contribution in [0.3, 0.4) is 0 Å². The summed E-state index contributed by atoms with van der Waals surface area (Å²) in [6.07, 6.45) is 7.77. The van der Waals surface area contributed by atoms with Crippen LogP contribution in [0.1, 0.15) is 26.2 Å². The molecule has 3 aromatic heterocycles. The second-order valence-corrected chi connectivity index (χ2v) is 13.4. The summed E-state index contributed by atoms with van der Waals surface area (Å²) in [5.41, 5.74) is 5.72. The number of aromatic nitrogens is 4. The fourth-order valence-corrected chi connectivity index (χ4v) is 7.34. The molecule has 1 aromatic carbocycles. The number of anilines is 2. The zero-order valence-electron chi connectivity index (χ0n) is 30.6. The molecule has 0 bridgehead atoms. The average Bonchev–Trinajstić information content (AvgIpc) is 3.76. The molecular weight excluding hydrogens is 701 g/mol. The van der Waals surface area contributed by atoms with Crippen LogP contribution in [0.15, 0.2) is 42.6 Å². The molecule has 2 unspecified atom stereocenters. The fourth-order valence-electron chi connectivity index (χ4n) is 7.34. The van der Waals surface area contributed by atoms with Crippen LogP contribution >= 0.6 is 0 Å². The van der Waals surface area contributed by atoms with Gasteiger partial charge in [-0.25, -0.2) is 18.2 Å². The van der Waals surface area contributed by atoms with Gasteiger partial charge in [0.1, 0.15) is 40.5 Å². The predicted molar refractivity (Wildman–Crippen MR) is 200 cm³/mol. The monoisotopic (exact) mass is 746 g/mol. The summed E-state index contributed by atoms with van der Waals surface area (Å²) in [4.78, 5) is 38.3. The first-order chi connectivity index (χ1) is 26.2. The standard InChI is InChI=1S/C29H30F2N8O3.C7H12FN.C2H3N/c1-41-29-35-25-19(17-33-27(24(25)31)26-23-18(16-21(32)34-26)4-2-5-20(23)30)28(36-29)39-10-8-38(9-11-39)22(40)6-3-7-37-12-14-42-15-13-37;8-6-4-7-2-1-3-9(7)5-6;1-2-3/h2-6,16-17H,7-15H2,1H3,(H2,32,34);6-7H,1-5H2;1H3/b6-3+;;. The van der Waals surface area contributed by atoms with Crippen LogP contribution in [0.4, 0.5) is 24.8 Å². The topological polar surface area (TPSA) is 150 Å². The Morgan fingerprint density at radius 3 is 2.57 bits per heavy atom. The van der Waals surface area contributed by atoms with Gasteiger partial charge in [0.05, 0.1) is 31.8 Å². The molecule has 7 heterocycles. The molecule has 0 saturated carbocycles. The molecular formula is C38H45F3N10O3. The number of hydrogen-bond acceptors (Lipinski definition) is 12. The first kappa shape index (κ1) is 38.6. The van der Waals surface area contributed by atoms with Crippen LogP contribution in [-0.4, -0.2) is 132 Å². The third-order valence-electron chi connectivity index (χ3n) is 9.96. The Morgan fingerprint density at radius 2 is 1.85 bits per heavy atom. The number of nitrogen functional groups attached to an aromatic ring is 1. The van der Waals surface area contributed by atoms with E-state index < -0.39 is 17.8 Å². The lowest BCUT2D eigenvalue weighted by Gasteiger charge is -2.35. The highest BCUT2D eigenvalue weighted by Crippen LogP contribution is 2.35. The second-order valence-electron chi connectivity index (χ2n) is 13.4. The number of carbonyl (C=O) groups is 1. The summed E-state index contributed by atoms with van der Waals surface area (Å²) in [5.74, 6) is -0.883. The Balaban J connectivity index is 0.000000352. The van der Waals surface area contributed by atoms with E-state index in [9.17, 15) is 13.6 Å². The van der Waals surface area contributed by atoms with E-state index >= 15 is 4.39 Å². The number of benzene rings is 1. The lowest BCUT2D eigenvalue weighted by Crippen LogP contribution is -2.48. The summed E-state index contributed by atoms with van der Waals surface area (Å²) in [7, 11) is 1.40. The first-order valence-electron chi connectivity index (χ1n) is 18.2. The molecule has 4 aromatic rings. The second kappa shape index (κ2) is 17.8. The molecule has 0 aliphatic carbocycles. The predicted octanol–water partition coefficient (Wildman–Crippen LogP) is 4.37. The number of methoxy groups -OCH3 is 1. The molecule has 0 radical (unpaired) electrons. The number of nitriles is 1. The van der Waals surface area contributed by atoms with Gasteiger partial charge < -0.3 is 25.0 Å². The Bertz CT molecular complexity index is 2000. The van der Waals surface area contributed by atoms with Gasteiger partial charge in [-0.1, -0.05) is 18.2 Å². The number of piperazine rings is 1. The smallest absolute Gasteiger partial charge is 0.318 e. The van der Waals surface area contributed by atoms with Gasteiger partial charge in [0.2, 0.25) is 5.91 Å². The number of halogens is 3. The van der Waals surface area contributed by atoms with Crippen molar-refractivity contribution in [2.45, 2.75) is 38.4 Å². The van der Waals surface area contributed by atoms with Crippen molar-refractivity contribution >= 4 is 39.2 Å². The summed E-state index contributed by atoms with van der Waals surface area (Å²) in [5, 5.41) is 8.26. The highest BCUT2D eigenvalue weighted by Gasteiger charge is 2.34. The van der Waals surface area contributed by atoms with Gasteiger partial charge in [0.15, 0.2) is 5.82 Å². The van der Waals surface area contributed by atoms with Gasteiger partial charge in [-0.2, -0.15) is 15.2 Å². The van der Waals surface area contributed by atoms with Crippen LogP contribution in [0.2, 0.25) is 0 Å². The molecule has 16 heteroatoms. The van der Waals surface area contributed by atoms with Crippen molar-refractivity contribution in [3.8, 4) is 23.5 Å². The Kier molecular flexibility index (Phi) is 12.7. The van der Waals surface area contributed by atoms with Crippen molar-refractivity contribution in [3.05, 3.63) is 54.2 Å². The summed E-state index contributed by atoms with van der Waals surface area (Å²) in [6.45, 7) is 8.97. The van der Waals surface area contributed by atoms with Crippen molar-refractivity contribution in [1.29, 1.82) is 5.26 Å². The number of ether oxygens (including phenoxy) is 2. The molecule has 4 aliphatic heterocycles. The van der Waals surface area contributed by atoms with Crippen molar-refractivity contribution in [2.75, 3.05) is 89.9 Å². The lowest BCUT2D eigenvalue weighted by molar-refractivity contribution is -0.126. The molecule has 2 N–H and O–H groups in total. The largest absolute Gasteiger partial charge is 0.467 e. The molecule has 0 spiro atoms. The van der Waals surface area contributed by atoms with E-state index in [0.29, 0.717) is 75.1 Å². The molecule has 1 amide bonds. The molecule has 4 aliphatic rings. The first-order valence-corrected chi connectivity index (χ1v) is 18.2. The zero-order chi connectivity index (χ0) is 38.2. The molecule has 8 rings (SSSR count). The van der Waals surface area contributed by atoms with Gasteiger partial charge >= 0.3 is 6.01 Å². The minimum atomic E-state index is -0.795. The highest BCUT2D eigenvalue weighted by molar-refractivity contribution is 5.99. The number of nitrogens with two attached hydrogens (primary N) is 1. The number of morpholine rings is 1. The number of fused-ring (bicyclic) bond motifs is 3. The van der Waals surface area contributed by atoms with Gasteiger partial charge in [-0.05, 0) is 43.3 Å². The van der Waals surface area contributed by atoms with Gasteiger partial charge in [0, 0.05) is 83.0 Å². The third kappa shape index (κ3) is 8.81. The minimum absolute atomic E-state index is 0.0181. The lowest BCUT2D eigenvalue weighted by atomic mass is 10.1. The van der Waals surface area contributed by atoms with Crippen molar-refractivity contribution in [3.63, 3.8) is 0 Å². The molecule has 286 valence electrons. The molecule has 54 heavy (non-hydrogen) atoms. The van der Waals surface area contributed by atoms with E-state index in [0.717, 1.165) is 26.1 Å². The fraction of sp³-hybridized carbons (Fsp3) is 0.474. The Morgan fingerprint density at radius 1 is 1.09 bits per heavy atom. The number of carbonyl (C=O) groups excluding carboxylic acids is 1. The quantitative estimate of drug-likeness (QED) is 0.279. The van der Waals surface area contributed by atoms with E-state index in [4.69, 9.17) is 20.5 Å². The Hall–Kier alpha value is -5.11. The van der Waals surface area contributed by atoms with Crippen LogP contribution in [-0.2, 0) is 9.53 Å². The number of rotatable bonds is 6. The number of hydrogen-bond donors (Lipinski definition) is 1. The van der Waals surface area contributed by atoms with E-state index in [1.165, 1.54) is 45.2 Å². The van der Waals surface area contributed by atoms with Crippen molar-refractivity contribution < 1.29 is 27.4 Å². The summed E-state index contributed by atoms with van der Waals surface area (Å²) >= 11 is 0. The highest BCUT2D eigenvalue weighted by atomic mass is 19.1. The van der Waals surface area contributed by atoms with Crippen molar-refractivity contribution in [1.82, 2.24) is 34.6 Å². The van der Waals surface area contributed by atoms with Crippen LogP contribution in [0.5, 0.6) is 6.01 Å². The van der Waals surface area contributed by atoms with Crippen LogP contribution < -0.4 is 15.4 Å². The molecule has 4 fully saturated rings. The van der Waals surface area contributed by atoms with E-state index in [2.05, 4.69) is 29.7 Å². The number of nitrogens with zero attached hydrogens (tertiary/aromatic N) is 9. The van der Waals surface area contributed by atoms with Gasteiger partial charge in [-0.3, -0.25) is 19.6 Å². The van der Waals surface area contributed by atoms with E-state index in [1.807, 2.05) is 11.0 Å². The number of pyridine rings is 2. The minimum Gasteiger partial charge on any atom is -0.467 e. The maximum Gasteiger partial charge on any atom is 0.318 e. The average molecular weight is 747 g/mol. The van der Waals surface area contributed by atoms with E-state index in [-0.39, 0.29) is 40.0 Å². The summed E-state index contributed by atoms with van der Waals surface area (Å²) < 4.78 is 54.2. The van der Waals surface area contributed by atoms with Crippen molar-refractivity contribution in [2.24, 2.45) is 0 Å². The number of alkyl halides is 1. The normalized spacial score (nSPS) is 20.3. The van der Waals surface area contributed by atoms with Gasteiger partial charge in [0.25, 0.3) is 0 Å². The van der Waals surface area contributed by atoms with Gasteiger partial charge in [-0.15, -0.1) is 0 Å². The SMILES string of the molecule is CC#N.COc1nc(N2CCN(C(=O)/C=C/CN3CCOCC3)CC2)c2cnc(-c3nc(N)cc4cccc(F)c34)c(F)c2n1.FC1CC2CCCN2C1. The van der Waals surface area contributed by atoms with Crippen LogP contribution in [0.25, 0.3) is 33.1 Å². The maximum absolute atomic E-state index is 16.1. The number of amides is 1. The van der Waals surface area contributed by atoms with E-state index in [1.54, 1.807) is 29.2 Å². The third-order valence-corrected chi connectivity index (χ3v) is 9.96. The van der Waals surface area contributed by atoms with Crippen LogP contribution in [0, 0.1) is 23.0 Å². The maximum atomic E-state index is 16.1. The molecule has 2 atom stereocenters. The Labute approximate surface area is 312 Å². The summed E-state index contributed by atoms with van der Waals surface area (Å²) in [6, 6.07) is 8.34. The molecule has 13 nitrogen and oxygen atoms in total. The zero-order valence-corrected chi connectivity index (χ0v) is 30.6. The molecule has 4 saturated heterocycles.